The Hall–Kier alpha value is -5.56. The van der Waals surface area contributed by atoms with Crippen molar-refractivity contribution in [2.75, 3.05) is 6.54 Å². The van der Waals surface area contributed by atoms with E-state index < -0.39 is 23.1 Å². The van der Waals surface area contributed by atoms with Crippen LogP contribution in [0.4, 0.5) is 10.5 Å². The number of likely N-dealkylation sites (tertiary alicyclic amines) is 1. The van der Waals surface area contributed by atoms with Crippen molar-refractivity contribution in [3.05, 3.63) is 164 Å². The molecule has 1 aliphatic rings. The molecule has 4 radical (unpaired) electrons. The van der Waals surface area contributed by atoms with Crippen LogP contribution >= 0.6 is 0 Å². The fourth-order valence-corrected chi connectivity index (χ4v) is 4.15. The van der Waals surface area contributed by atoms with Crippen LogP contribution in [0.15, 0.2) is 110 Å². The Labute approximate surface area is 295 Å². The van der Waals surface area contributed by atoms with Crippen LogP contribution in [-0.4, -0.2) is 70.7 Å². The van der Waals surface area contributed by atoms with E-state index in [1.54, 1.807) is 51.8 Å². The number of nitro benzene ring substituents is 1. The van der Waals surface area contributed by atoms with E-state index >= 15 is 0 Å². The van der Waals surface area contributed by atoms with E-state index in [-0.39, 0.29) is 52.6 Å². The number of hydrogen-bond donors (Lipinski definition) is 0. The van der Waals surface area contributed by atoms with Gasteiger partial charge >= 0.3 is 55.7 Å². The average molecular weight is 745 g/mol. The van der Waals surface area contributed by atoms with E-state index in [1.807, 2.05) is 67.1 Å². The number of amides is 1. The van der Waals surface area contributed by atoms with Crippen molar-refractivity contribution in [3.8, 4) is 0 Å². The molecule has 16 nitrogen and oxygen atoms in total. The van der Waals surface area contributed by atoms with Gasteiger partial charge < -0.3 is 23.3 Å². The topological polar surface area (TPSA) is 192 Å². The molecule has 2 aromatic carbocycles. The number of nitro groups is 1. The van der Waals surface area contributed by atoms with Gasteiger partial charge in [0.05, 0.1) is 23.6 Å². The molecule has 5 aromatic rings. The summed E-state index contributed by atoms with van der Waals surface area (Å²) in [7, 11) is -0.194. The minimum Gasteiger partial charge on any atom is -0.425 e. The summed E-state index contributed by atoms with van der Waals surface area (Å²) in [4.78, 5) is 35.9. The van der Waals surface area contributed by atoms with Crippen LogP contribution in [0, 0.1) is 42.8 Å². The van der Waals surface area contributed by atoms with Crippen LogP contribution in [0.1, 0.15) is 15.9 Å². The quantitative estimate of drug-likeness (QED) is 0.0571. The number of ether oxygens (including phenoxy) is 2. The molecule has 4 heterocycles. The number of piperidine rings is 1. The summed E-state index contributed by atoms with van der Waals surface area (Å²) in [6.45, 7) is 10.8. The number of rotatable bonds is 8. The number of esters is 1. The first-order valence-electron chi connectivity index (χ1n) is 13.8. The number of non-ortho nitro benzene ring substituents is 1. The smallest absolute Gasteiger partial charge is 0.425 e. The van der Waals surface area contributed by atoms with E-state index in [0.717, 1.165) is 5.56 Å². The minimum atomic E-state index is -0.656. The normalized spacial score (nSPS) is 13.0. The zero-order chi connectivity index (χ0) is 34.7. The standard InChI is InChI=1S/C20H17N2O6.C9H9BN6.2CO.Mo/c23-19(16-8-10-17(11-9-16)22(25)26)28-18-7-4-12-21(13-18)20(24)27-14-15-5-2-1-3-6-15;1-4-11-14(7-1)10(15-8-2-5-12-15)16-9-3-6-13-16;2*1-2;/h1-12,18H,13-14H2;1-9H;;;/q;-1;;;+2/t18-;;;;/m0..../s1. The third kappa shape index (κ3) is 11.9. The predicted molar refractivity (Wildman–Crippen MR) is 165 cm³/mol. The van der Waals surface area contributed by atoms with E-state index in [1.165, 1.54) is 29.2 Å². The first-order chi connectivity index (χ1) is 23.5. The predicted octanol–water partition coefficient (Wildman–Crippen LogP) is 3.47. The molecule has 1 atom stereocenters. The van der Waals surface area contributed by atoms with Crippen molar-refractivity contribution in [2.45, 2.75) is 12.7 Å². The van der Waals surface area contributed by atoms with Crippen LogP contribution in [0.2, 0.25) is 0 Å². The molecule has 246 valence electrons. The van der Waals surface area contributed by atoms with Gasteiger partial charge in [0.1, 0.15) is 12.7 Å². The second-order valence-electron chi connectivity index (χ2n) is 9.28. The van der Waals surface area contributed by atoms with Crippen LogP contribution in [0.5, 0.6) is 0 Å². The average Bonchev–Trinajstić information content (AvgIpc) is 3.96. The van der Waals surface area contributed by atoms with Crippen LogP contribution in [0.3, 0.4) is 0 Å². The minimum absolute atomic E-state index is 0. The van der Waals surface area contributed by atoms with Gasteiger partial charge in [-0.2, -0.15) is 0 Å². The van der Waals surface area contributed by atoms with Crippen LogP contribution < -0.4 is 0 Å². The first-order valence-corrected chi connectivity index (χ1v) is 13.8. The fourth-order valence-electron chi connectivity index (χ4n) is 4.15. The van der Waals surface area contributed by atoms with Gasteiger partial charge in [-0.15, -0.1) is 0 Å². The Balaban J connectivity index is 0.000000336. The van der Waals surface area contributed by atoms with Crippen LogP contribution in [-0.2, 0) is 46.5 Å². The number of carbonyl (C=O) groups excluding carboxylic acids is 2. The molecule has 6 rings (SSSR count). The molecular formula is C31H26BMoN8O8+. The molecule has 0 aliphatic carbocycles. The van der Waals surface area contributed by atoms with Gasteiger partial charge in [-0.1, -0.05) is 30.3 Å². The number of hydrogen-bond acceptors (Lipinski definition) is 9. The molecular weight excluding hydrogens is 719 g/mol. The van der Waals surface area contributed by atoms with Gasteiger partial charge in [0.2, 0.25) is 0 Å². The van der Waals surface area contributed by atoms with Crippen molar-refractivity contribution in [3.63, 3.8) is 0 Å². The number of carbonyl (C=O) groups is 2. The first kappa shape index (κ1) is 39.6. The largest absolute Gasteiger partial charge is 2.00 e. The van der Waals surface area contributed by atoms with Gasteiger partial charge in [0.25, 0.3) is 12.8 Å². The third-order valence-corrected chi connectivity index (χ3v) is 6.26. The summed E-state index contributed by atoms with van der Waals surface area (Å²) in [6, 6.07) is 20.0. The van der Waals surface area contributed by atoms with E-state index in [9.17, 15) is 19.7 Å². The molecule has 0 N–H and O–H groups in total. The maximum absolute atomic E-state index is 12.2. The van der Waals surface area contributed by atoms with Gasteiger partial charge in [-0.05, 0) is 60.9 Å². The van der Waals surface area contributed by atoms with Crippen LogP contribution in [0.25, 0.3) is 0 Å². The Kier molecular flexibility index (Phi) is 17.3. The Morgan fingerprint density at radius 2 is 1.39 bits per heavy atom. The summed E-state index contributed by atoms with van der Waals surface area (Å²) in [5, 5.41) is 23.3. The summed E-state index contributed by atoms with van der Waals surface area (Å²) in [6.07, 6.45) is 12.9. The fraction of sp³-hybridized carbons (Fsp3) is 0.0968. The van der Waals surface area contributed by atoms with Gasteiger partial charge in [0, 0.05) is 37.1 Å². The number of benzene rings is 2. The van der Waals surface area contributed by atoms with Crippen molar-refractivity contribution >= 4 is 24.9 Å². The zero-order valence-electron chi connectivity index (χ0n) is 25.4. The molecule has 18 heteroatoms. The SMILES string of the molecule is O=C(O[C@H]1[CH][CH][CH]N(C(=O)OCc2ccccc2)C1)c1ccc([N+](=O)[O-])cc1.[C-]#[O+].[C-]#[O+].[Mo+2].c1cnn([B-](n2cccn2)n2cccn2)c1. The maximum atomic E-state index is 12.2. The van der Waals surface area contributed by atoms with E-state index in [2.05, 4.69) is 28.6 Å². The van der Waals surface area contributed by atoms with Crippen molar-refractivity contribution in [1.29, 1.82) is 0 Å². The number of nitrogens with zero attached hydrogens (tertiary/aromatic N) is 8. The van der Waals surface area contributed by atoms with Gasteiger partial charge in [-0.25, -0.2) is 24.9 Å². The molecule has 3 aromatic heterocycles. The molecule has 49 heavy (non-hydrogen) atoms. The molecule has 0 spiro atoms. The van der Waals surface area contributed by atoms with E-state index in [4.69, 9.17) is 18.8 Å². The third-order valence-electron chi connectivity index (χ3n) is 6.26. The van der Waals surface area contributed by atoms with Crippen molar-refractivity contribution in [2.24, 2.45) is 0 Å². The maximum Gasteiger partial charge on any atom is 2.00 e. The summed E-state index contributed by atoms with van der Waals surface area (Å²) >= 11 is 0. The zero-order valence-corrected chi connectivity index (χ0v) is 27.5. The molecule has 1 aliphatic heterocycles. The van der Waals surface area contributed by atoms with E-state index in [0.29, 0.717) is 0 Å². The molecule has 0 unspecified atom stereocenters. The molecule has 1 fully saturated rings. The Morgan fingerprint density at radius 3 is 1.86 bits per heavy atom. The summed E-state index contributed by atoms with van der Waals surface area (Å²) in [5.74, 6) is -0.635. The van der Waals surface area contributed by atoms with Crippen molar-refractivity contribution in [1.82, 2.24) is 34.0 Å². The van der Waals surface area contributed by atoms with Gasteiger partial charge in [-0.3, -0.25) is 15.0 Å². The summed E-state index contributed by atoms with van der Waals surface area (Å²) in [5.41, 5.74) is 0.937. The Bertz CT molecular complexity index is 1630. The Morgan fingerprint density at radius 1 is 0.857 bits per heavy atom. The summed E-state index contributed by atoms with van der Waals surface area (Å²) < 4.78 is 31.0. The second-order valence-corrected chi connectivity index (χ2v) is 9.28. The molecule has 1 amide bonds. The number of aromatic nitrogens is 6. The monoisotopic (exact) mass is 747 g/mol. The second kappa shape index (κ2) is 21.3. The molecule has 0 saturated carbocycles. The van der Waals surface area contributed by atoms with Gasteiger partial charge in [0.15, 0.2) is 0 Å². The molecule has 1 saturated heterocycles. The molecule has 0 bridgehead atoms. The van der Waals surface area contributed by atoms with Crippen molar-refractivity contribution < 1.29 is 54.4 Å².